The molecule has 0 saturated heterocycles. The minimum atomic E-state index is -0.852. The molecule has 1 aliphatic heterocycles. The van der Waals surface area contributed by atoms with Gasteiger partial charge in [-0.3, -0.25) is 9.59 Å². The van der Waals surface area contributed by atoms with E-state index in [1.165, 1.54) is 11.6 Å². The van der Waals surface area contributed by atoms with Crippen molar-refractivity contribution in [2.24, 2.45) is 11.3 Å². The number of hydrogen-bond acceptors (Lipinski definition) is 3. The molecular weight excluding hydrogens is 469 g/mol. The number of halogens is 2. The molecule has 3 aromatic rings. The molecule has 35 heavy (non-hydrogen) atoms. The first kappa shape index (κ1) is 23.8. The molecule has 1 saturated carbocycles. The predicted molar refractivity (Wildman–Crippen MR) is 132 cm³/mol. The lowest BCUT2D eigenvalue weighted by Crippen LogP contribution is -2.43. The minimum absolute atomic E-state index is 0.00427. The smallest absolute Gasteiger partial charge is 0.309 e. The number of carboxylic acid groups (broad SMARTS) is 1. The summed E-state index contributed by atoms with van der Waals surface area (Å²) >= 11 is 6.02. The number of fused-ring (bicyclic) bond motifs is 3. The van der Waals surface area contributed by atoms with E-state index in [0.29, 0.717) is 32.5 Å². The van der Waals surface area contributed by atoms with E-state index in [1.54, 1.807) is 25.3 Å². The summed E-state index contributed by atoms with van der Waals surface area (Å²) in [6.07, 6.45) is 5.95. The topological polar surface area (TPSA) is 75.4 Å². The second-order valence-corrected chi connectivity index (χ2v) is 10.5. The molecule has 1 amide bonds. The van der Waals surface area contributed by atoms with Crippen molar-refractivity contribution in [1.29, 1.82) is 0 Å². The molecule has 5 rings (SSSR count). The highest BCUT2D eigenvalue weighted by atomic mass is 35.5. The van der Waals surface area contributed by atoms with E-state index in [2.05, 4.69) is 9.55 Å². The van der Waals surface area contributed by atoms with Gasteiger partial charge in [-0.05, 0) is 67.5 Å². The fourth-order valence-corrected chi connectivity index (χ4v) is 6.02. The standard InChI is InChI=1S/C27H29ClFN3O3/c1-27(26(34)35)10-3-2-5-18(27)14-24(33)31-12-9-19-20-6-4-11-30-25(20)32(23(19)16-31)15-17-7-8-22(29)21(28)13-17/h4,6-8,11,13,18H,2-3,5,9-10,12,14-16H2,1H3,(H,34,35). The predicted octanol–water partition coefficient (Wildman–Crippen LogP) is 5.43. The number of carbonyl (C=O) groups is 2. The Bertz CT molecular complexity index is 1310. The molecule has 0 spiro atoms. The number of carbonyl (C=O) groups excluding carboxylic acids is 1. The SMILES string of the molecule is CC1(C(=O)O)CCCCC1CC(=O)N1CCc2c(n(Cc3ccc(F)c(Cl)c3)c3ncccc23)C1. The summed E-state index contributed by atoms with van der Waals surface area (Å²) in [5.41, 5.74) is 3.03. The molecule has 1 aliphatic carbocycles. The average Bonchev–Trinajstić information content (AvgIpc) is 3.15. The van der Waals surface area contributed by atoms with Gasteiger partial charge in [-0.25, -0.2) is 9.37 Å². The van der Waals surface area contributed by atoms with Gasteiger partial charge in [0, 0.05) is 36.8 Å². The summed E-state index contributed by atoms with van der Waals surface area (Å²) < 4.78 is 15.8. The van der Waals surface area contributed by atoms with Gasteiger partial charge >= 0.3 is 5.97 Å². The summed E-state index contributed by atoms with van der Waals surface area (Å²) in [6.45, 7) is 3.29. The van der Waals surface area contributed by atoms with Gasteiger partial charge < -0.3 is 14.6 Å². The third kappa shape index (κ3) is 4.31. The number of aromatic nitrogens is 2. The van der Waals surface area contributed by atoms with Gasteiger partial charge in [0.15, 0.2) is 0 Å². The first-order valence-electron chi connectivity index (χ1n) is 12.2. The highest BCUT2D eigenvalue weighted by Crippen LogP contribution is 2.43. The monoisotopic (exact) mass is 497 g/mol. The van der Waals surface area contributed by atoms with Crippen molar-refractivity contribution < 1.29 is 19.1 Å². The Balaban J connectivity index is 1.43. The molecule has 1 N–H and O–H groups in total. The van der Waals surface area contributed by atoms with Crippen molar-refractivity contribution >= 4 is 34.5 Å². The van der Waals surface area contributed by atoms with E-state index >= 15 is 0 Å². The molecule has 3 heterocycles. The number of aliphatic carboxylic acids is 1. The fourth-order valence-electron chi connectivity index (χ4n) is 5.82. The fraction of sp³-hybridized carbons (Fsp3) is 0.444. The molecular formula is C27H29ClFN3O3. The van der Waals surface area contributed by atoms with E-state index in [1.807, 2.05) is 17.0 Å². The Morgan fingerprint density at radius 1 is 1.29 bits per heavy atom. The Kier molecular flexibility index (Phi) is 6.30. The molecule has 1 aromatic carbocycles. The third-order valence-electron chi connectivity index (χ3n) is 8.00. The first-order valence-corrected chi connectivity index (χ1v) is 12.6. The highest BCUT2D eigenvalue weighted by molar-refractivity contribution is 6.30. The molecule has 184 valence electrons. The van der Waals surface area contributed by atoms with Crippen LogP contribution < -0.4 is 0 Å². The lowest BCUT2D eigenvalue weighted by atomic mass is 9.66. The lowest BCUT2D eigenvalue weighted by molar-refractivity contribution is -0.155. The molecule has 2 unspecified atom stereocenters. The molecule has 2 aromatic heterocycles. The summed E-state index contributed by atoms with van der Waals surface area (Å²) in [5.74, 6) is -1.41. The Morgan fingerprint density at radius 2 is 2.11 bits per heavy atom. The summed E-state index contributed by atoms with van der Waals surface area (Å²) in [4.78, 5) is 31.9. The lowest BCUT2D eigenvalue weighted by Gasteiger charge is -2.39. The van der Waals surface area contributed by atoms with E-state index in [0.717, 1.165) is 41.6 Å². The van der Waals surface area contributed by atoms with Crippen LogP contribution in [0.25, 0.3) is 11.0 Å². The quantitative estimate of drug-likeness (QED) is 0.509. The summed E-state index contributed by atoms with van der Waals surface area (Å²) in [5, 5.41) is 11.0. The number of nitrogens with zero attached hydrogens (tertiary/aromatic N) is 3. The van der Waals surface area contributed by atoms with E-state index in [9.17, 15) is 19.1 Å². The summed E-state index contributed by atoms with van der Waals surface area (Å²) in [6, 6.07) is 8.66. The van der Waals surface area contributed by atoms with Crippen molar-refractivity contribution in [3.05, 3.63) is 64.2 Å². The second kappa shape index (κ2) is 9.26. The van der Waals surface area contributed by atoms with Gasteiger partial charge in [0.05, 0.1) is 17.0 Å². The maximum absolute atomic E-state index is 13.7. The van der Waals surface area contributed by atoms with Crippen LogP contribution >= 0.6 is 11.6 Å². The normalized spacial score (nSPS) is 22.3. The van der Waals surface area contributed by atoms with Crippen LogP contribution in [0.15, 0.2) is 36.5 Å². The van der Waals surface area contributed by atoms with Gasteiger partial charge in [-0.2, -0.15) is 0 Å². The molecule has 0 radical (unpaired) electrons. The Morgan fingerprint density at radius 3 is 2.89 bits per heavy atom. The molecule has 6 nitrogen and oxygen atoms in total. The number of benzene rings is 1. The number of amides is 1. The van der Waals surface area contributed by atoms with Gasteiger partial charge in [0.1, 0.15) is 11.5 Å². The van der Waals surface area contributed by atoms with Crippen LogP contribution in [0.5, 0.6) is 0 Å². The zero-order valence-corrected chi connectivity index (χ0v) is 20.5. The number of pyridine rings is 1. The van der Waals surface area contributed by atoms with Crippen molar-refractivity contribution in [3.8, 4) is 0 Å². The van der Waals surface area contributed by atoms with Gasteiger partial charge in [-0.1, -0.05) is 30.5 Å². The second-order valence-electron chi connectivity index (χ2n) is 10.1. The van der Waals surface area contributed by atoms with E-state index in [-0.39, 0.29) is 23.3 Å². The van der Waals surface area contributed by atoms with Gasteiger partial charge in [0.2, 0.25) is 5.91 Å². The molecule has 0 bridgehead atoms. The van der Waals surface area contributed by atoms with Gasteiger partial charge in [-0.15, -0.1) is 0 Å². The maximum Gasteiger partial charge on any atom is 0.309 e. The van der Waals surface area contributed by atoms with Crippen LogP contribution in [0.3, 0.4) is 0 Å². The molecule has 8 heteroatoms. The van der Waals surface area contributed by atoms with Crippen molar-refractivity contribution in [3.63, 3.8) is 0 Å². The maximum atomic E-state index is 13.7. The zero-order chi connectivity index (χ0) is 24.7. The molecule has 2 aliphatic rings. The third-order valence-corrected chi connectivity index (χ3v) is 8.29. The van der Waals surface area contributed by atoms with E-state index in [4.69, 9.17) is 11.6 Å². The van der Waals surface area contributed by atoms with Crippen LogP contribution in [0.2, 0.25) is 5.02 Å². The van der Waals surface area contributed by atoms with Crippen LogP contribution in [0, 0.1) is 17.2 Å². The Hall–Kier alpha value is -2.93. The van der Waals surface area contributed by atoms with Crippen molar-refractivity contribution in [2.75, 3.05) is 6.54 Å². The van der Waals surface area contributed by atoms with Crippen molar-refractivity contribution in [1.82, 2.24) is 14.5 Å². The van der Waals surface area contributed by atoms with Crippen LogP contribution in [-0.4, -0.2) is 38.0 Å². The largest absolute Gasteiger partial charge is 0.481 e. The van der Waals surface area contributed by atoms with Crippen LogP contribution in [0.4, 0.5) is 4.39 Å². The number of rotatable bonds is 5. The van der Waals surface area contributed by atoms with Crippen LogP contribution in [-0.2, 0) is 29.1 Å². The zero-order valence-electron chi connectivity index (χ0n) is 19.8. The van der Waals surface area contributed by atoms with E-state index < -0.39 is 17.2 Å². The molecule has 1 fully saturated rings. The number of hydrogen-bond donors (Lipinski definition) is 1. The Labute approximate surface area is 208 Å². The summed E-state index contributed by atoms with van der Waals surface area (Å²) in [7, 11) is 0. The average molecular weight is 498 g/mol. The van der Waals surface area contributed by atoms with Crippen molar-refractivity contribution in [2.45, 2.75) is 58.5 Å². The van der Waals surface area contributed by atoms with Gasteiger partial charge in [0.25, 0.3) is 0 Å². The minimum Gasteiger partial charge on any atom is -0.481 e. The molecule has 2 atom stereocenters. The first-order chi connectivity index (χ1) is 16.8. The number of carboxylic acids is 1. The van der Waals surface area contributed by atoms with Crippen LogP contribution in [0.1, 0.15) is 55.8 Å². The highest BCUT2D eigenvalue weighted by Gasteiger charge is 2.44.